The highest BCUT2D eigenvalue weighted by molar-refractivity contribution is 7.91. The first-order chi connectivity index (χ1) is 33.0. The normalized spacial score (nSPS) is 11.4. The van der Waals surface area contributed by atoms with Gasteiger partial charge in [0.15, 0.2) is 0 Å². The molecule has 9 aromatic rings. The molecular weight excluding hydrogens is 893 g/mol. The number of sulfone groups is 2. The van der Waals surface area contributed by atoms with Crippen LogP contribution in [0.15, 0.2) is 232 Å². The summed E-state index contributed by atoms with van der Waals surface area (Å²) in [6.07, 6.45) is 3.43. The third-order valence-electron chi connectivity index (χ3n) is 11.1. The van der Waals surface area contributed by atoms with Gasteiger partial charge in [-0.2, -0.15) is 0 Å². The topological polar surface area (TPSA) is 130 Å². The van der Waals surface area contributed by atoms with Crippen LogP contribution in [0.3, 0.4) is 0 Å². The number of rotatable bonds is 16. The van der Waals surface area contributed by atoms with Gasteiger partial charge in [-0.1, -0.05) is 60.2 Å². The van der Waals surface area contributed by atoms with Crippen LogP contribution in [0.25, 0.3) is 22.3 Å². The second-order valence-electron chi connectivity index (χ2n) is 15.7. The van der Waals surface area contributed by atoms with Gasteiger partial charge in [-0.25, -0.2) is 16.8 Å². The molecule has 0 atom stereocenters. The van der Waals surface area contributed by atoms with Crippen LogP contribution in [-0.2, 0) is 26.2 Å². The first-order valence-electron chi connectivity index (χ1n) is 21.5. The number of benzene rings is 8. The Kier molecular flexibility index (Phi) is 13.1. The Labute approximate surface area is 395 Å². The van der Waals surface area contributed by atoms with Gasteiger partial charge < -0.3 is 24.3 Å². The van der Waals surface area contributed by atoms with Gasteiger partial charge in [0.05, 0.1) is 26.7 Å². The molecule has 0 aliphatic carbocycles. The molecule has 8 aromatic carbocycles. The monoisotopic (exact) mass is 936 g/mol. The lowest BCUT2D eigenvalue weighted by Gasteiger charge is -2.15. The molecule has 0 saturated heterocycles. The number of hydrogen-bond donors (Lipinski definition) is 1. The van der Waals surface area contributed by atoms with Gasteiger partial charge in [0.1, 0.15) is 40.2 Å². The Balaban J connectivity index is 0.845. The van der Waals surface area contributed by atoms with Gasteiger partial charge >= 0.3 is 0 Å². The van der Waals surface area contributed by atoms with Crippen LogP contribution in [0.4, 0.5) is 5.69 Å². The largest absolute Gasteiger partial charge is 0.497 e. The van der Waals surface area contributed by atoms with E-state index >= 15 is 0 Å². The summed E-state index contributed by atoms with van der Waals surface area (Å²) in [5.41, 5.74) is 6.67. The van der Waals surface area contributed by atoms with Gasteiger partial charge in [0.2, 0.25) is 19.7 Å². The molecule has 10 nitrogen and oxygen atoms in total. The van der Waals surface area contributed by atoms with E-state index in [-0.39, 0.29) is 19.6 Å². The molecule has 0 aliphatic rings. The summed E-state index contributed by atoms with van der Waals surface area (Å²) >= 11 is 0. The van der Waals surface area contributed by atoms with Gasteiger partial charge in [0, 0.05) is 30.2 Å². The van der Waals surface area contributed by atoms with E-state index in [1.165, 1.54) is 24.3 Å². The van der Waals surface area contributed by atoms with E-state index in [1.54, 1.807) is 92.3 Å². The standard InChI is InChI=1S/C56H44N2O8S2/c1-39-3-24-52(25-4-39)67(59,60)55-30-22-51(23-31-55)66-56-32-11-43(37-44(56)38-58-45-33-35-57-36-34-45)42-9-16-48(17-10-42)65-50-20-28-54(29-21-50)68(61,62)53-26-18-49(19-27-53)64-47-14-7-41(8-15-47)40-5-12-46(63-2)13-6-40/h3-37H,38H2,1-2H3,(H,57,58). The molecule has 1 heterocycles. The third kappa shape index (κ3) is 10.4. The summed E-state index contributed by atoms with van der Waals surface area (Å²) in [4.78, 5) is 4.79. The SMILES string of the molecule is COc1ccc(-c2ccc(Oc3ccc(S(=O)(=O)c4ccc(Oc5ccc(-c6ccc(Oc7ccc(S(=O)(=O)c8ccc(C)cc8)cc7)c(CNc7ccncc7)c6)cc5)cc4)cc3)cc2)cc1. The van der Waals surface area contributed by atoms with E-state index in [0.717, 1.165) is 44.8 Å². The molecule has 12 heteroatoms. The Morgan fingerprint density at radius 3 is 1.19 bits per heavy atom. The fraction of sp³-hybridized carbons (Fsp3) is 0.0536. The van der Waals surface area contributed by atoms with E-state index < -0.39 is 19.7 Å². The molecular formula is C56H44N2O8S2. The Bertz CT molecular complexity index is 3370. The first kappa shape index (κ1) is 45.0. The molecule has 0 fully saturated rings. The van der Waals surface area contributed by atoms with Crippen LogP contribution >= 0.6 is 0 Å². The highest BCUT2D eigenvalue weighted by atomic mass is 32.2. The third-order valence-corrected chi connectivity index (χ3v) is 14.7. The van der Waals surface area contributed by atoms with E-state index in [1.807, 2.05) is 110 Å². The molecule has 1 N–H and O–H groups in total. The number of anilines is 1. The molecule has 68 heavy (non-hydrogen) atoms. The number of aryl methyl sites for hydroxylation is 1. The smallest absolute Gasteiger partial charge is 0.206 e. The highest BCUT2D eigenvalue weighted by Gasteiger charge is 2.20. The number of aromatic nitrogens is 1. The van der Waals surface area contributed by atoms with Crippen molar-refractivity contribution in [1.29, 1.82) is 0 Å². The molecule has 9 rings (SSSR count). The summed E-state index contributed by atoms with van der Waals surface area (Å²) in [5.74, 6) is 4.06. The molecule has 338 valence electrons. The number of methoxy groups -OCH3 is 1. The maximum Gasteiger partial charge on any atom is 0.206 e. The average molecular weight is 937 g/mol. The van der Waals surface area contributed by atoms with Crippen LogP contribution in [-0.4, -0.2) is 28.9 Å². The molecule has 0 unspecified atom stereocenters. The van der Waals surface area contributed by atoms with Crippen LogP contribution in [0.5, 0.6) is 40.2 Å². The van der Waals surface area contributed by atoms with Crippen molar-refractivity contribution in [3.63, 3.8) is 0 Å². The number of ether oxygens (including phenoxy) is 4. The maximum atomic E-state index is 13.6. The van der Waals surface area contributed by atoms with Crippen molar-refractivity contribution in [3.8, 4) is 62.5 Å². The fourth-order valence-corrected chi connectivity index (χ4v) is 9.85. The van der Waals surface area contributed by atoms with Crippen molar-refractivity contribution >= 4 is 25.4 Å². The van der Waals surface area contributed by atoms with E-state index in [2.05, 4.69) is 10.3 Å². The zero-order valence-electron chi connectivity index (χ0n) is 36.9. The van der Waals surface area contributed by atoms with Gasteiger partial charge in [0.25, 0.3) is 0 Å². The predicted octanol–water partition coefficient (Wildman–Crippen LogP) is 13.4. The maximum absolute atomic E-state index is 13.6. The summed E-state index contributed by atoms with van der Waals surface area (Å²) in [5, 5.41) is 3.43. The minimum Gasteiger partial charge on any atom is -0.497 e. The molecule has 0 amide bonds. The lowest BCUT2D eigenvalue weighted by Crippen LogP contribution is -2.03. The van der Waals surface area contributed by atoms with Gasteiger partial charge in [-0.15, -0.1) is 0 Å². The number of nitrogens with zero attached hydrogens (tertiary/aromatic N) is 1. The highest BCUT2D eigenvalue weighted by Crippen LogP contribution is 2.35. The number of nitrogens with one attached hydrogen (secondary N) is 1. The summed E-state index contributed by atoms with van der Waals surface area (Å²) in [6.45, 7) is 2.34. The van der Waals surface area contributed by atoms with Crippen LogP contribution in [0.1, 0.15) is 11.1 Å². The van der Waals surface area contributed by atoms with Crippen LogP contribution < -0.4 is 24.3 Å². The van der Waals surface area contributed by atoms with Crippen molar-refractivity contribution < 1.29 is 35.8 Å². The van der Waals surface area contributed by atoms with Crippen LogP contribution in [0, 0.1) is 6.92 Å². The summed E-state index contributed by atoms with van der Waals surface area (Å²) in [6, 6.07) is 58.6. The number of hydrogen-bond acceptors (Lipinski definition) is 10. The van der Waals surface area contributed by atoms with Gasteiger partial charge in [-0.05, 0) is 175 Å². The fourth-order valence-electron chi connectivity index (χ4n) is 7.33. The zero-order valence-corrected chi connectivity index (χ0v) is 38.6. The average Bonchev–Trinajstić information content (AvgIpc) is 3.37. The minimum atomic E-state index is -3.82. The van der Waals surface area contributed by atoms with E-state index in [0.29, 0.717) is 41.0 Å². The first-order valence-corrected chi connectivity index (χ1v) is 24.5. The lowest BCUT2D eigenvalue weighted by molar-refractivity contribution is 0.415. The second kappa shape index (κ2) is 19.7. The summed E-state index contributed by atoms with van der Waals surface area (Å²) in [7, 11) is -5.87. The second-order valence-corrected chi connectivity index (χ2v) is 19.6. The van der Waals surface area contributed by atoms with E-state index in [9.17, 15) is 16.8 Å². The lowest BCUT2D eigenvalue weighted by atomic mass is 10.0. The Morgan fingerprint density at radius 1 is 0.412 bits per heavy atom. The van der Waals surface area contributed by atoms with Gasteiger partial charge in [-0.3, -0.25) is 4.98 Å². The predicted molar refractivity (Wildman–Crippen MR) is 264 cm³/mol. The van der Waals surface area contributed by atoms with Crippen molar-refractivity contribution in [1.82, 2.24) is 4.98 Å². The van der Waals surface area contributed by atoms with Crippen molar-refractivity contribution in [2.45, 2.75) is 33.1 Å². The Morgan fingerprint density at radius 2 is 0.765 bits per heavy atom. The van der Waals surface area contributed by atoms with Crippen molar-refractivity contribution in [3.05, 3.63) is 224 Å². The number of pyridine rings is 1. The molecule has 1 aromatic heterocycles. The minimum absolute atomic E-state index is 0.132. The molecule has 0 saturated carbocycles. The zero-order chi connectivity index (χ0) is 47.1. The van der Waals surface area contributed by atoms with Crippen molar-refractivity contribution in [2.24, 2.45) is 0 Å². The molecule has 0 aliphatic heterocycles. The molecule has 0 bridgehead atoms. The van der Waals surface area contributed by atoms with Crippen LogP contribution in [0.2, 0.25) is 0 Å². The molecule has 0 radical (unpaired) electrons. The van der Waals surface area contributed by atoms with Crippen molar-refractivity contribution in [2.75, 3.05) is 12.4 Å². The van der Waals surface area contributed by atoms with E-state index in [4.69, 9.17) is 18.9 Å². The quantitative estimate of drug-likeness (QED) is 0.0999. The summed E-state index contributed by atoms with van der Waals surface area (Å²) < 4.78 is 77.4. The Hall–Kier alpha value is -8.19. The molecule has 0 spiro atoms.